The molecule has 0 fully saturated rings. The zero-order chi connectivity index (χ0) is 15.3. The molecule has 1 unspecified atom stereocenters. The Morgan fingerprint density at radius 2 is 2.10 bits per heavy atom. The van der Waals surface area contributed by atoms with E-state index < -0.39 is 21.1 Å². The average molecular weight is 302 g/mol. The molecule has 2 N–H and O–H groups in total. The van der Waals surface area contributed by atoms with Gasteiger partial charge in [-0.15, -0.1) is 0 Å². The van der Waals surface area contributed by atoms with Crippen molar-refractivity contribution in [1.82, 2.24) is 4.72 Å². The van der Waals surface area contributed by atoms with E-state index in [-0.39, 0.29) is 22.7 Å². The molecule has 0 saturated carbocycles. The fourth-order valence-corrected chi connectivity index (χ4v) is 3.11. The Hall–Kier alpha value is -1.51. The molecule has 0 aliphatic heterocycles. The Labute approximate surface area is 117 Å². The van der Waals surface area contributed by atoms with Gasteiger partial charge in [0.15, 0.2) is 0 Å². The van der Waals surface area contributed by atoms with Gasteiger partial charge in [0.05, 0.1) is 15.9 Å². The van der Waals surface area contributed by atoms with Crippen LogP contribution in [-0.2, 0) is 10.0 Å². The number of nitro benzene ring substituents is 1. The molecule has 0 amide bonds. The van der Waals surface area contributed by atoms with Crippen LogP contribution in [0.25, 0.3) is 0 Å². The Morgan fingerprint density at radius 1 is 1.45 bits per heavy atom. The van der Waals surface area contributed by atoms with Crippen LogP contribution in [0.1, 0.15) is 25.3 Å². The van der Waals surface area contributed by atoms with Gasteiger partial charge in [-0.25, -0.2) is 13.1 Å². The van der Waals surface area contributed by atoms with Crippen molar-refractivity contribution >= 4 is 15.7 Å². The van der Waals surface area contributed by atoms with E-state index in [4.69, 9.17) is 5.11 Å². The number of nitro groups is 1. The Kier molecular flexibility index (Phi) is 5.61. The van der Waals surface area contributed by atoms with Crippen LogP contribution >= 0.6 is 0 Å². The zero-order valence-electron chi connectivity index (χ0n) is 11.4. The molecule has 8 heteroatoms. The fourth-order valence-electron chi connectivity index (χ4n) is 1.77. The van der Waals surface area contributed by atoms with E-state index in [1.807, 2.05) is 0 Å². The lowest BCUT2D eigenvalue weighted by molar-refractivity contribution is -0.385. The molecule has 0 aromatic heterocycles. The first-order chi connectivity index (χ1) is 9.25. The number of hydrogen-bond acceptors (Lipinski definition) is 5. The predicted molar refractivity (Wildman–Crippen MR) is 73.9 cm³/mol. The summed E-state index contributed by atoms with van der Waals surface area (Å²) in [5.74, 6) is 0. The maximum atomic E-state index is 12.1. The summed E-state index contributed by atoms with van der Waals surface area (Å²) in [6.07, 6.45) is 0.487. The van der Waals surface area contributed by atoms with E-state index in [0.717, 1.165) is 0 Å². The summed E-state index contributed by atoms with van der Waals surface area (Å²) >= 11 is 0. The van der Waals surface area contributed by atoms with Gasteiger partial charge in [-0.1, -0.05) is 6.07 Å². The van der Waals surface area contributed by atoms with Crippen molar-refractivity contribution < 1.29 is 18.4 Å². The molecule has 0 saturated heterocycles. The number of aliphatic hydroxyl groups is 1. The third kappa shape index (κ3) is 4.26. The van der Waals surface area contributed by atoms with Crippen LogP contribution < -0.4 is 4.72 Å². The van der Waals surface area contributed by atoms with Gasteiger partial charge in [0, 0.05) is 18.2 Å². The number of nitrogens with zero attached hydrogens (tertiary/aromatic N) is 1. The zero-order valence-corrected chi connectivity index (χ0v) is 12.2. The van der Waals surface area contributed by atoms with Crippen LogP contribution in [0.2, 0.25) is 0 Å². The second kappa shape index (κ2) is 6.78. The van der Waals surface area contributed by atoms with Gasteiger partial charge in [0.1, 0.15) is 0 Å². The maximum Gasteiger partial charge on any atom is 0.273 e. The van der Waals surface area contributed by atoms with E-state index in [1.54, 1.807) is 6.92 Å². The van der Waals surface area contributed by atoms with Crippen molar-refractivity contribution in [2.75, 3.05) is 6.54 Å². The minimum absolute atomic E-state index is 0.0938. The predicted octanol–water partition coefficient (Wildman–Crippen LogP) is 1.34. The van der Waals surface area contributed by atoms with Crippen LogP contribution in [0.5, 0.6) is 0 Å². The molecule has 0 aliphatic rings. The number of sulfonamides is 1. The van der Waals surface area contributed by atoms with Crippen LogP contribution in [0.15, 0.2) is 23.1 Å². The topological polar surface area (TPSA) is 110 Å². The number of benzene rings is 1. The second-order valence-electron chi connectivity index (χ2n) is 4.55. The van der Waals surface area contributed by atoms with Crippen molar-refractivity contribution in [2.24, 2.45) is 0 Å². The summed E-state index contributed by atoms with van der Waals surface area (Å²) in [6.45, 7) is 3.21. The van der Waals surface area contributed by atoms with Crippen LogP contribution in [-0.4, -0.2) is 31.1 Å². The van der Waals surface area contributed by atoms with E-state index in [9.17, 15) is 18.5 Å². The molecule has 1 rings (SSSR count). The normalized spacial score (nSPS) is 13.2. The number of rotatable bonds is 7. The van der Waals surface area contributed by atoms with Gasteiger partial charge in [-0.3, -0.25) is 10.1 Å². The highest BCUT2D eigenvalue weighted by Crippen LogP contribution is 2.24. The molecule has 112 valence electrons. The molecule has 1 aromatic rings. The maximum absolute atomic E-state index is 12.1. The minimum atomic E-state index is -3.78. The fraction of sp³-hybridized carbons (Fsp3) is 0.500. The first kappa shape index (κ1) is 16.5. The van der Waals surface area contributed by atoms with Crippen LogP contribution in [0, 0.1) is 17.0 Å². The molecule has 0 radical (unpaired) electrons. The Morgan fingerprint density at radius 3 is 2.65 bits per heavy atom. The number of nitrogens with one attached hydrogen (secondary N) is 1. The summed E-state index contributed by atoms with van der Waals surface area (Å²) in [5.41, 5.74) is -0.114. The summed E-state index contributed by atoms with van der Waals surface area (Å²) < 4.78 is 26.5. The highest BCUT2D eigenvalue weighted by Gasteiger charge is 2.22. The summed E-state index contributed by atoms with van der Waals surface area (Å²) in [5, 5.41) is 19.9. The molecule has 0 heterocycles. The van der Waals surface area contributed by atoms with Gasteiger partial charge < -0.3 is 5.11 Å². The van der Waals surface area contributed by atoms with Gasteiger partial charge in [-0.05, 0) is 32.8 Å². The molecule has 0 spiro atoms. The van der Waals surface area contributed by atoms with E-state index in [2.05, 4.69) is 4.72 Å². The first-order valence-electron chi connectivity index (χ1n) is 6.17. The number of hydrogen-bond donors (Lipinski definition) is 2. The molecule has 1 atom stereocenters. The molecule has 7 nitrogen and oxygen atoms in total. The third-order valence-electron chi connectivity index (χ3n) is 2.83. The lowest BCUT2D eigenvalue weighted by atomic mass is 10.2. The van der Waals surface area contributed by atoms with Crippen LogP contribution in [0.4, 0.5) is 5.69 Å². The van der Waals surface area contributed by atoms with Crippen molar-refractivity contribution in [3.05, 3.63) is 33.9 Å². The van der Waals surface area contributed by atoms with Crippen molar-refractivity contribution in [2.45, 2.75) is 37.7 Å². The van der Waals surface area contributed by atoms with Gasteiger partial charge in [0.2, 0.25) is 10.0 Å². The lowest BCUT2D eigenvalue weighted by Gasteiger charge is -2.10. The molecule has 20 heavy (non-hydrogen) atoms. The Balaban J connectivity index is 2.88. The SMILES string of the molecule is Cc1c([N+](=O)[O-])cccc1S(=O)(=O)NCCCC(C)O. The molecule has 1 aromatic carbocycles. The van der Waals surface area contributed by atoms with Crippen molar-refractivity contribution in [3.8, 4) is 0 Å². The summed E-state index contributed by atoms with van der Waals surface area (Å²) in [4.78, 5) is 10.1. The first-order valence-corrected chi connectivity index (χ1v) is 7.65. The number of aliphatic hydroxyl groups excluding tert-OH is 1. The van der Waals surface area contributed by atoms with E-state index in [1.165, 1.54) is 25.1 Å². The average Bonchev–Trinajstić information content (AvgIpc) is 2.34. The molecule has 0 aliphatic carbocycles. The van der Waals surface area contributed by atoms with Crippen LogP contribution in [0.3, 0.4) is 0 Å². The monoisotopic (exact) mass is 302 g/mol. The summed E-state index contributed by atoms with van der Waals surface area (Å²) in [7, 11) is -3.78. The smallest absolute Gasteiger partial charge is 0.273 e. The lowest BCUT2D eigenvalue weighted by Crippen LogP contribution is -2.26. The highest BCUT2D eigenvalue weighted by atomic mass is 32.2. The quantitative estimate of drug-likeness (QED) is 0.449. The largest absolute Gasteiger partial charge is 0.393 e. The summed E-state index contributed by atoms with van der Waals surface area (Å²) in [6, 6.07) is 3.94. The van der Waals surface area contributed by atoms with Gasteiger partial charge >= 0.3 is 0 Å². The highest BCUT2D eigenvalue weighted by molar-refractivity contribution is 7.89. The molecular formula is C12H18N2O5S. The van der Waals surface area contributed by atoms with E-state index >= 15 is 0 Å². The second-order valence-corrected chi connectivity index (χ2v) is 6.28. The minimum Gasteiger partial charge on any atom is -0.393 e. The molecule has 0 bridgehead atoms. The van der Waals surface area contributed by atoms with E-state index in [0.29, 0.717) is 12.8 Å². The van der Waals surface area contributed by atoms with Gasteiger partial charge in [-0.2, -0.15) is 0 Å². The standard InChI is InChI=1S/C12H18N2O5S/c1-9(15)5-4-8-13-20(18,19)12-7-3-6-11(10(12)2)14(16)17/h3,6-7,9,13,15H,4-5,8H2,1-2H3. The van der Waals surface area contributed by atoms with Crippen molar-refractivity contribution in [3.63, 3.8) is 0 Å². The van der Waals surface area contributed by atoms with Gasteiger partial charge in [0.25, 0.3) is 5.69 Å². The third-order valence-corrected chi connectivity index (χ3v) is 4.44. The van der Waals surface area contributed by atoms with Crippen molar-refractivity contribution in [1.29, 1.82) is 0 Å². The molecular weight excluding hydrogens is 284 g/mol. The Bertz CT molecular complexity index is 584.